The van der Waals surface area contributed by atoms with Gasteiger partial charge in [0.2, 0.25) is 5.91 Å². The molecule has 13 heavy (non-hydrogen) atoms. The van der Waals surface area contributed by atoms with Gasteiger partial charge in [0.1, 0.15) is 0 Å². The molecule has 1 rings (SSSR count). The molecule has 4 heteroatoms. The molecule has 1 aromatic rings. The molecule has 1 amide bonds. The molecule has 0 atom stereocenters. The number of carbonyl (C=O) groups excluding carboxylic acids is 1. The number of nitrogen functional groups attached to an aromatic ring is 1. The molecule has 0 heterocycles. The van der Waals surface area contributed by atoms with Crippen LogP contribution in [-0.4, -0.2) is 12.2 Å². The highest BCUT2D eigenvalue weighted by molar-refractivity contribution is 7.98. The highest BCUT2D eigenvalue weighted by atomic mass is 32.2. The molecule has 0 aromatic heterocycles. The van der Waals surface area contributed by atoms with Crippen molar-refractivity contribution in [3.8, 4) is 0 Å². The zero-order valence-electron chi connectivity index (χ0n) is 7.41. The molecule has 0 aliphatic heterocycles. The van der Waals surface area contributed by atoms with Crippen LogP contribution in [0, 0.1) is 0 Å². The van der Waals surface area contributed by atoms with Crippen LogP contribution in [0.3, 0.4) is 0 Å². The summed E-state index contributed by atoms with van der Waals surface area (Å²) in [6, 6.07) is 5.56. The largest absolute Gasteiger partial charge is 0.398 e. The normalized spacial score (nSPS) is 9.92. The fourth-order valence-electron chi connectivity index (χ4n) is 1.09. The van der Waals surface area contributed by atoms with Gasteiger partial charge in [0, 0.05) is 10.6 Å². The first-order valence-corrected chi connectivity index (χ1v) is 5.06. The summed E-state index contributed by atoms with van der Waals surface area (Å²) in [6.07, 6.45) is 2.21. The molecular weight excluding hydrogens is 184 g/mol. The van der Waals surface area contributed by atoms with Crippen LogP contribution >= 0.6 is 11.8 Å². The third-order valence-electron chi connectivity index (χ3n) is 1.67. The fourth-order valence-corrected chi connectivity index (χ4v) is 1.59. The molecule has 3 nitrogen and oxygen atoms in total. The minimum atomic E-state index is -0.337. The van der Waals surface area contributed by atoms with Gasteiger partial charge in [0.15, 0.2) is 0 Å². The fraction of sp³-hybridized carbons (Fsp3) is 0.222. The third-order valence-corrected chi connectivity index (χ3v) is 2.48. The number of rotatable bonds is 3. The van der Waals surface area contributed by atoms with Gasteiger partial charge in [-0.25, -0.2) is 0 Å². The van der Waals surface area contributed by atoms with Crippen molar-refractivity contribution in [1.82, 2.24) is 0 Å². The summed E-state index contributed by atoms with van der Waals surface area (Å²) in [6.45, 7) is 0. The van der Waals surface area contributed by atoms with Gasteiger partial charge in [-0.1, -0.05) is 6.07 Å². The Balaban J connectivity index is 2.89. The molecule has 0 unspecified atom stereocenters. The van der Waals surface area contributed by atoms with Crippen molar-refractivity contribution in [1.29, 1.82) is 0 Å². The van der Waals surface area contributed by atoms with E-state index in [1.165, 1.54) is 0 Å². The van der Waals surface area contributed by atoms with Crippen LogP contribution in [0.4, 0.5) is 5.69 Å². The SMILES string of the molecule is CSc1ccc(CC(N)=O)cc1N. The smallest absolute Gasteiger partial charge is 0.221 e. The quantitative estimate of drug-likeness (QED) is 0.560. The predicted molar refractivity (Wildman–Crippen MR) is 55.5 cm³/mol. The first-order chi connectivity index (χ1) is 6.13. The molecule has 0 aliphatic carbocycles. The van der Waals surface area contributed by atoms with Gasteiger partial charge < -0.3 is 11.5 Å². The maximum absolute atomic E-state index is 10.6. The summed E-state index contributed by atoms with van der Waals surface area (Å²) in [4.78, 5) is 11.6. The molecule has 0 fully saturated rings. The van der Waals surface area contributed by atoms with Gasteiger partial charge in [-0.2, -0.15) is 0 Å². The number of thioether (sulfide) groups is 1. The summed E-state index contributed by atoms with van der Waals surface area (Å²) < 4.78 is 0. The van der Waals surface area contributed by atoms with Gasteiger partial charge in [0.25, 0.3) is 0 Å². The maximum Gasteiger partial charge on any atom is 0.221 e. The molecular formula is C9H12N2OS. The lowest BCUT2D eigenvalue weighted by Crippen LogP contribution is -2.13. The zero-order chi connectivity index (χ0) is 9.84. The van der Waals surface area contributed by atoms with E-state index < -0.39 is 0 Å². The number of primary amides is 1. The number of carbonyl (C=O) groups is 1. The van der Waals surface area contributed by atoms with E-state index in [4.69, 9.17) is 11.5 Å². The molecule has 0 saturated heterocycles. The monoisotopic (exact) mass is 196 g/mol. The van der Waals surface area contributed by atoms with Crippen molar-refractivity contribution in [3.05, 3.63) is 23.8 Å². The third kappa shape index (κ3) is 2.66. The summed E-state index contributed by atoms with van der Waals surface area (Å²) in [5.41, 5.74) is 12.4. The van der Waals surface area contributed by atoms with E-state index in [1.54, 1.807) is 17.8 Å². The first-order valence-electron chi connectivity index (χ1n) is 3.84. The Morgan fingerprint density at radius 3 is 2.69 bits per heavy atom. The lowest BCUT2D eigenvalue weighted by Gasteiger charge is -2.04. The van der Waals surface area contributed by atoms with Crippen LogP contribution in [-0.2, 0) is 11.2 Å². The second-order valence-corrected chi connectivity index (χ2v) is 3.57. The average Bonchev–Trinajstić information content (AvgIpc) is 2.03. The number of benzene rings is 1. The Labute approximate surface area is 81.5 Å². The topological polar surface area (TPSA) is 69.1 Å². The van der Waals surface area contributed by atoms with Crippen LogP contribution in [0.1, 0.15) is 5.56 Å². The molecule has 0 aliphatic rings. The summed E-state index contributed by atoms with van der Waals surface area (Å²) in [5, 5.41) is 0. The summed E-state index contributed by atoms with van der Waals surface area (Å²) in [5.74, 6) is -0.337. The molecule has 70 valence electrons. The average molecular weight is 196 g/mol. The van der Waals surface area contributed by atoms with E-state index in [1.807, 2.05) is 18.4 Å². The summed E-state index contributed by atoms with van der Waals surface area (Å²) in [7, 11) is 0. The lowest BCUT2D eigenvalue weighted by atomic mass is 10.1. The van der Waals surface area contributed by atoms with Gasteiger partial charge in [-0.3, -0.25) is 4.79 Å². The molecule has 0 spiro atoms. The Hall–Kier alpha value is -1.16. The Kier molecular flexibility index (Phi) is 3.19. The van der Waals surface area contributed by atoms with Gasteiger partial charge in [0.05, 0.1) is 6.42 Å². The molecule has 4 N–H and O–H groups in total. The van der Waals surface area contributed by atoms with E-state index in [2.05, 4.69) is 0 Å². The maximum atomic E-state index is 10.6. The molecule has 0 bridgehead atoms. The van der Waals surface area contributed by atoms with Crippen molar-refractivity contribution in [3.63, 3.8) is 0 Å². The van der Waals surface area contributed by atoms with Crippen LogP contribution in [0.5, 0.6) is 0 Å². The minimum absolute atomic E-state index is 0.249. The number of anilines is 1. The van der Waals surface area contributed by atoms with Crippen LogP contribution in [0.2, 0.25) is 0 Å². The van der Waals surface area contributed by atoms with E-state index >= 15 is 0 Å². The van der Waals surface area contributed by atoms with Crippen LogP contribution < -0.4 is 11.5 Å². The van der Waals surface area contributed by atoms with Crippen molar-refractivity contribution in [2.75, 3.05) is 12.0 Å². The van der Waals surface area contributed by atoms with E-state index in [9.17, 15) is 4.79 Å². The Bertz CT molecular complexity index is 325. The zero-order valence-corrected chi connectivity index (χ0v) is 8.23. The summed E-state index contributed by atoms with van der Waals surface area (Å²) >= 11 is 1.58. The van der Waals surface area contributed by atoms with Crippen molar-refractivity contribution in [2.24, 2.45) is 5.73 Å². The van der Waals surface area contributed by atoms with Crippen LogP contribution in [0.25, 0.3) is 0 Å². The lowest BCUT2D eigenvalue weighted by molar-refractivity contribution is -0.117. The van der Waals surface area contributed by atoms with E-state index in [0.717, 1.165) is 10.5 Å². The number of hydrogen-bond acceptors (Lipinski definition) is 3. The molecule has 0 saturated carbocycles. The highest BCUT2D eigenvalue weighted by Crippen LogP contribution is 2.23. The van der Waals surface area contributed by atoms with Gasteiger partial charge in [-0.15, -0.1) is 11.8 Å². The minimum Gasteiger partial charge on any atom is -0.398 e. The molecule has 1 aromatic carbocycles. The van der Waals surface area contributed by atoms with Gasteiger partial charge >= 0.3 is 0 Å². The first kappa shape index (κ1) is 9.92. The van der Waals surface area contributed by atoms with Crippen molar-refractivity contribution >= 4 is 23.4 Å². The Morgan fingerprint density at radius 2 is 2.23 bits per heavy atom. The second-order valence-electron chi connectivity index (χ2n) is 2.72. The molecule has 0 radical (unpaired) electrons. The van der Waals surface area contributed by atoms with E-state index in [-0.39, 0.29) is 12.3 Å². The van der Waals surface area contributed by atoms with Crippen molar-refractivity contribution < 1.29 is 4.79 Å². The second kappa shape index (κ2) is 4.18. The number of hydrogen-bond donors (Lipinski definition) is 2. The van der Waals surface area contributed by atoms with E-state index in [0.29, 0.717) is 5.69 Å². The standard InChI is InChI=1S/C9H12N2OS/c1-13-8-3-2-6(4-7(8)10)5-9(11)12/h2-4H,5,10H2,1H3,(H2,11,12). The number of amides is 1. The van der Waals surface area contributed by atoms with Gasteiger partial charge in [-0.05, 0) is 24.0 Å². The predicted octanol–water partition coefficient (Wildman–Crippen LogP) is 1.02. The van der Waals surface area contributed by atoms with Crippen LogP contribution in [0.15, 0.2) is 23.1 Å². The highest BCUT2D eigenvalue weighted by Gasteiger charge is 2.01. The van der Waals surface area contributed by atoms with Crippen molar-refractivity contribution in [2.45, 2.75) is 11.3 Å². The Morgan fingerprint density at radius 1 is 1.54 bits per heavy atom. The number of nitrogens with two attached hydrogens (primary N) is 2.